The van der Waals surface area contributed by atoms with Gasteiger partial charge >= 0.3 is 0 Å². The molecular formula is C20H20N2O3. The molecule has 0 fully saturated rings. The lowest BCUT2D eigenvalue weighted by Gasteiger charge is -2.09. The first kappa shape index (κ1) is 18.1. The van der Waals surface area contributed by atoms with Gasteiger partial charge in [-0.3, -0.25) is 4.79 Å². The van der Waals surface area contributed by atoms with Crippen LogP contribution in [0.5, 0.6) is 11.5 Å². The largest absolute Gasteiger partial charge is 0.483 e. The molecule has 5 heteroatoms. The molecule has 1 amide bonds. The number of rotatable bonds is 7. The summed E-state index contributed by atoms with van der Waals surface area (Å²) in [5, 5.41) is 3.93. The van der Waals surface area contributed by atoms with Gasteiger partial charge in [0.2, 0.25) is 0 Å². The second kappa shape index (κ2) is 9.14. The van der Waals surface area contributed by atoms with Gasteiger partial charge in [0.05, 0.1) is 6.21 Å². The first-order valence-corrected chi connectivity index (χ1v) is 7.77. The van der Waals surface area contributed by atoms with Gasteiger partial charge in [-0.2, -0.15) is 5.10 Å². The molecule has 0 unspecified atom stereocenters. The second-order valence-electron chi connectivity index (χ2n) is 5.38. The van der Waals surface area contributed by atoms with Crippen LogP contribution < -0.4 is 14.9 Å². The minimum Gasteiger partial charge on any atom is -0.483 e. The summed E-state index contributed by atoms with van der Waals surface area (Å²) >= 11 is 0. The highest BCUT2D eigenvalue weighted by Crippen LogP contribution is 2.19. The monoisotopic (exact) mass is 336 g/mol. The van der Waals surface area contributed by atoms with Crippen LogP contribution in [0.2, 0.25) is 0 Å². The predicted molar refractivity (Wildman–Crippen MR) is 97.9 cm³/mol. The van der Waals surface area contributed by atoms with E-state index in [0.29, 0.717) is 17.1 Å². The van der Waals surface area contributed by atoms with Crippen molar-refractivity contribution in [3.05, 3.63) is 59.2 Å². The van der Waals surface area contributed by atoms with Crippen LogP contribution in [0.25, 0.3) is 0 Å². The minimum absolute atomic E-state index is 0.114. The number of amides is 1. The minimum atomic E-state index is -0.348. The van der Waals surface area contributed by atoms with E-state index in [4.69, 9.17) is 15.9 Å². The maximum Gasteiger partial charge on any atom is 0.277 e. The number of hydrazone groups is 1. The standard InChI is InChI=1S/C20H20N2O3/c1-4-11-24-18-8-6-5-7-17(18)13-21-22-20(23)14-25-19-12-15(2)9-10-16(19)3/h1,5-10,12-13H,11,14H2,2-3H3,(H,22,23)/b21-13-. The van der Waals surface area contributed by atoms with E-state index in [9.17, 15) is 4.79 Å². The second-order valence-corrected chi connectivity index (χ2v) is 5.38. The maximum atomic E-state index is 11.9. The lowest BCUT2D eigenvalue weighted by molar-refractivity contribution is -0.123. The molecule has 1 N–H and O–H groups in total. The van der Waals surface area contributed by atoms with Gasteiger partial charge in [-0.15, -0.1) is 6.42 Å². The normalized spacial score (nSPS) is 10.3. The third kappa shape index (κ3) is 5.70. The molecule has 0 spiro atoms. The Morgan fingerprint density at radius 2 is 2.00 bits per heavy atom. The van der Waals surface area contributed by atoms with Gasteiger partial charge in [0.15, 0.2) is 6.61 Å². The summed E-state index contributed by atoms with van der Waals surface area (Å²) < 4.78 is 10.9. The third-order valence-electron chi connectivity index (χ3n) is 3.33. The summed E-state index contributed by atoms with van der Waals surface area (Å²) in [6, 6.07) is 13.1. The van der Waals surface area contributed by atoms with Gasteiger partial charge in [0.1, 0.15) is 18.1 Å². The Morgan fingerprint density at radius 1 is 1.20 bits per heavy atom. The molecule has 0 aliphatic carbocycles. The Kier molecular flexibility index (Phi) is 6.61. The van der Waals surface area contributed by atoms with Crippen molar-refractivity contribution in [1.82, 2.24) is 5.43 Å². The molecule has 128 valence electrons. The van der Waals surface area contributed by atoms with Crippen LogP contribution in [0.3, 0.4) is 0 Å². The molecule has 2 rings (SSSR count). The van der Waals surface area contributed by atoms with E-state index >= 15 is 0 Å². The number of terminal acetylenes is 1. The van der Waals surface area contributed by atoms with E-state index in [1.165, 1.54) is 6.21 Å². The first-order chi connectivity index (χ1) is 12.1. The van der Waals surface area contributed by atoms with Gasteiger partial charge < -0.3 is 9.47 Å². The van der Waals surface area contributed by atoms with E-state index < -0.39 is 0 Å². The highest BCUT2D eigenvalue weighted by atomic mass is 16.5. The van der Waals surface area contributed by atoms with Crippen LogP contribution in [0.1, 0.15) is 16.7 Å². The molecule has 0 bridgehead atoms. The summed E-state index contributed by atoms with van der Waals surface area (Å²) in [4.78, 5) is 11.9. The number of benzene rings is 2. The van der Waals surface area contributed by atoms with E-state index in [1.54, 1.807) is 6.07 Å². The van der Waals surface area contributed by atoms with Crippen molar-refractivity contribution in [1.29, 1.82) is 0 Å². The molecule has 0 saturated heterocycles. The fourth-order valence-corrected chi connectivity index (χ4v) is 2.05. The molecule has 0 aliphatic rings. The number of aryl methyl sites for hydroxylation is 2. The number of carbonyl (C=O) groups excluding carboxylic acids is 1. The van der Waals surface area contributed by atoms with Crippen LogP contribution in [-0.4, -0.2) is 25.3 Å². The van der Waals surface area contributed by atoms with E-state index in [1.807, 2.05) is 50.2 Å². The molecule has 2 aromatic carbocycles. The Labute approximate surface area is 147 Å². The van der Waals surface area contributed by atoms with Crippen LogP contribution in [0, 0.1) is 26.2 Å². The average Bonchev–Trinajstić information content (AvgIpc) is 2.61. The fourth-order valence-electron chi connectivity index (χ4n) is 2.05. The molecule has 0 heterocycles. The molecule has 5 nitrogen and oxygen atoms in total. The van der Waals surface area contributed by atoms with Crippen molar-refractivity contribution in [2.24, 2.45) is 5.10 Å². The van der Waals surface area contributed by atoms with Gasteiger partial charge in [0.25, 0.3) is 5.91 Å². The zero-order chi connectivity index (χ0) is 18.1. The quantitative estimate of drug-likeness (QED) is 0.480. The van der Waals surface area contributed by atoms with Crippen molar-refractivity contribution >= 4 is 12.1 Å². The number of nitrogens with one attached hydrogen (secondary N) is 1. The van der Waals surface area contributed by atoms with Crippen molar-refractivity contribution in [2.45, 2.75) is 13.8 Å². The lowest BCUT2D eigenvalue weighted by Crippen LogP contribution is -2.24. The first-order valence-electron chi connectivity index (χ1n) is 7.77. The molecule has 2 aromatic rings. The van der Waals surface area contributed by atoms with Crippen LogP contribution in [0.4, 0.5) is 0 Å². The Balaban J connectivity index is 1.89. The SMILES string of the molecule is C#CCOc1ccccc1/C=N\NC(=O)COc1cc(C)ccc1C. The molecule has 0 saturated carbocycles. The van der Waals surface area contributed by atoms with Crippen molar-refractivity contribution in [3.8, 4) is 23.8 Å². The van der Waals surface area contributed by atoms with E-state index in [2.05, 4.69) is 16.4 Å². The van der Waals surface area contributed by atoms with Crippen LogP contribution in [0.15, 0.2) is 47.6 Å². The Morgan fingerprint density at radius 3 is 2.80 bits per heavy atom. The lowest BCUT2D eigenvalue weighted by atomic mass is 10.1. The predicted octanol–water partition coefficient (Wildman–Crippen LogP) is 2.84. The number of ether oxygens (including phenoxy) is 2. The molecule has 0 aromatic heterocycles. The summed E-state index contributed by atoms with van der Waals surface area (Å²) in [5.41, 5.74) is 5.19. The number of nitrogens with zero attached hydrogens (tertiary/aromatic N) is 1. The van der Waals surface area contributed by atoms with Gasteiger partial charge in [-0.25, -0.2) is 5.43 Å². The molecule has 25 heavy (non-hydrogen) atoms. The van der Waals surface area contributed by atoms with Gasteiger partial charge in [-0.1, -0.05) is 30.2 Å². The summed E-state index contributed by atoms with van der Waals surface area (Å²) in [6.45, 7) is 3.95. The molecule has 0 atom stereocenters. The summed E-state index contributed by atoms with van der Waals surface area (Å²) in [7, 11) is 0. The Bertz CT molecular complexity index is 807. The number of hydrogen-bond acceptors (Lipinski definition) is 4. The highest BCUT2D eigenvalue weighted by Gasteiger charge is 2.05. The molecular weight excluding hydrogens is 316 g/mol. The summed E-state index contributed by atoms with van der Waals surface area (Å²) in [6.07, 6.45) is 6.69. The fraction of sp³-hybridized carbons (Fsp3) is 0.200. The zero-order valence-electron chi connectivity index (χ0n) is 14.3. The molecule has 0 radical (unpaired) electrons. The van der Waals surface area contributed by atoms with Crippen LogP contribution >= 0.6 is 0 Å². The van der Waals surface area contributed by atoms with E-state index in [-0.39, 0.29) is 19.1 Å². The zero-order valence-corrected chi connectivity index (χ0v) is 14.3. The van der Waals surface area contributed by atoms with Gasteiger partial charge in [-0.05, 0) is 43.2 Å². The van der Waals surface area contributed by atoms with E-state index in [0.717, 1.165) is 11.1 Å². The van der Waals surface area contributed by atoms with Crippen molar-refractivity contribution in [2.75, 3.05) is 13.2 Å². The number of carbonyl (C=O) groups is 1. The topological polar surface area (TPSA) is 59.9 Å². The average molecular weight is 336 g/mol. The van der Waals surface area contributed by atoms with Crippen molar-refractivity contribution in [3.63, 3.8) is 0 Å². The highest BCUT2D eigenvalue weighted by molar-refractivity contribution is 5.85. The summed E-state index contributed by atoms with van der Waals surface area (Å²) in [5.74, 6) is 3.35. The molecule has 0 aliphatic heterocycles. The number of hydrogen-bond donors (Lipinski definition) is 1. The van der Waals surface area contributed by atoms with Gasteiger partial charge in [0, 0.05) is 5.56 Å². The third-order valence-corrected chi connectivity index (χ3v) is 3.33. The number of para-hydroxylation sites is 1. The van der Waals surface area contributed by atoms with Crippen molar-refractivity contribution < 1.29 is 14.3 Å². The maximum absolute atomic E-state index is 11.9. The smallest absolute Gasteiger partial charge is 0.277 e. The van der Waals surface area contributed by atoms with Crippen LogP contribution in [-0.2, 0) is 4.79 Å². The Hall–Kier alpha value is -3.26.